The van der Waals surface area contributed by atoms with Crippen LogP contribution in [0, 0.1) is 20.2 Å². The molecule has 0 heterocycles. The molecule has 0 fully saturated rings. The van der Waals surface area contributed by atoms with Gasteiger partial charge in [0.1, 0.15) is 5.60 Å². The molecule has 0 N–H and O–H groups in total. The maximum Gasteiger partial charge on any atom is 0.435 e. The minimum absolute atomic E-state index is 0.242. The predicted molar refractivity (Wildman–Crippen MR) is 82.0 cm³/mol. The number of amides is 1. The van der Waals surface area contributed by atoms with Crippen LogP contribution in [0.1, 0.15) is 20.8 Å². The highest BCUT2D eigenvalue weighted by atomic mass is 32.2. The monoisotopic (exact) mass is 377 g/mol. The number of hydrogen-bond donors (Lipinski definition) is 0. The molecule has 0 saturated heterocycles. The molecule has 0 aliphatic rings. The number of nitro benzene ring substituents is 2. The van der Waals surface area contributed by atoms with E-state index in [1.807, 2.05) is 0 Å². The van der Waals surface area contributed by atoms with Crippen molar-refractivity contribution in [3.63, 3.8) is 0 Å². The zero-order chi connectivity index (χ0) is 19.6. The van der Waals surface area contributed by atoms with Gasteiger partial charge in [0.2, 0.25) is 0 Å². The first-order valence-electron chi connectivity index (χ1n) is 6.59. The fourth-order valence-corrected chi connectivity index (χ4v) is 2.58. The number of carbonyl (C=O) groups excluding carboxylic acids is 1. The number of benzene rings is 1. The fraction of sp³-hybridized carbons (Fsp3) is 0.417. The molecule has 0 saturated carbocycles. The summed E-state index contributed by atoms with van der Waals surface area (Å²) in [6.07, 6.45) is -1.15. The van der Waals surface area contributed by atoms with Crippen molar-refractivity contribution in [1.82, 2.24) is 5.06 Å². The molecule has 0 spiro atoms. The van der Waals surface area contributed by atoms with Crippen molar-refractivity contribution in [2.24, 2.45) is 0 Å². The Bertz CT molecular complexity index is 814. The van der Waals surface area contributed by atoms with E-state index in [4.69, 9.17) is 4.74 Å². The molecule has 1 rings (SSSR count). The molecule has 0 aliphatic carbocycles. The molecular weight excluding hydrogens is 362 g/mol. The van der Waals surface area contributed by atoms with Gasteiger partial charge in [0, 0.05) is 13.1 Å². The van der Waals surface area contributed by atoms with E-state index in [2.05, 4.69) is 4.28 Å². The van der Waals surface area contributed by atoms with Crippen LogP contribution in [0.15, 0.2) is 23.1 Å². The van der Waals surface area contributed by atoms with Crippen molar-refractivity contribution in [1.29, 1.82) is 0 Å². The predicted octanol–water partition coefficient (Wildman–Crippen LogP) is 1.99. The quantitative estimate of drug-likeness (QED) is 0.552. The van der Waals surface area contributed by atoms with Crippen LogP contribution in [-0.2, 0) is 19.1 Å². The molecule has 12 nitrogen and oxygen atoms in total. The van der Waals surface area contributed by atoms with Crippen LogP contribution in [0.4, 0.5) is 16.2 Å². The van der Waals surface area contributed by atoms with Gasteiger partial charge in [-0.15, -0.1) is 4.28 Å². The normalized spacial score (nSPS) is 11.7. The molecule has 0 atom stereocenters. The van der Waals surface area contributed by atoms with Gasteiger partial charge in [-0.3, -0.25) is 20.2 Å². The second-order valence-corrected chi connectivity index (χ2v) is 7.17. The summed E-state index contributed by atoms with van der Waals surface area (Å²) < 4.78 is 33.7. The van der Waals surface area contributed by atoms with E-state index in [1.54, 1.807) is 0 Å². The van der Waals surface area contributed by atoms with E-state index in [-0.39, 0.29) is 5.06 Å². The first-order valence-corrected chi connectivity index (χ1v) is 7.99. The summed E-state index contributed by atoms with van der Waals surface area (Å²) in [5.41, 5.74) is -2.67. The van der Waals surface area contributed by atoms with Crippen LogP contribution < -0.4 is 0 Å². The Morgan fingerprint density at radius 1 is 1.16 bits per heavy atom. The summed E-state index contributed by atoms with van der Waals surface area (Å²) in [4.78, 5) is 30.4. The van der Waals surface area contributed by atoms with Gasteiger partial charge in [-0.05, 0) is 26.8 Å². The first-order chi connectivity index (χ1) is 11.2. The second kappa shape index (κ2) is 6.98. The van der Waals surface area contributed by atoms with Crippen molar-refractivity contribution in [2.75, 3.05) is 7.05 Å². The van der Waals surface area contributed by atoms with Gasteiger partial charge in [0.05, 0.1) is 15.9 Å². The number of hydrogen-bond acceptors (Lipinski definition) is 9. The number of nitrogens with zero attached hydrogens (tertiary/aromatic N) is 3. The van der Waals surface area contributed by atoms with Crippen LogP contribution in [0.3, 0.4) is 0 Å². The molecule has 0 bridgehead atoms. The van der Waals surface area contributed by atoms with E-state index in [0.29, 0.717) is 12.1 Å². The molecule has 1 aromatic rings. The smallest absolute Gasteiger partial charge is 0.435 e. The Labute approximate surface area is 142 Å². The van der Waals surface area contributed by atoms with E-state index >= 15 is 0 Å². The molecule has 25 heavy (non-hydrogen) atoms. The van der Waals surface area contributed by atoms with Crippen molar-refractivity contribution < 1.29 is 32.1 Å². The Hall–Kier alpha value is -2.80. The van der Waals surface area contributed by atoms with Gasteiger partial charge in [-0.1, -0.05) is 0 Å². The van der Waals surface area contributed by atoms with E-state index in [9.17, 15) is 33.4 Å². The highest BCUT2D eigenvalue weighted by molar-refractivity contribution is 7.86. The van der Waals surface area contributed by atoms with Crippen LogP contribution in [0.5, 0.6) is 0 Å². The Kier molecular flexibility index (Phi) is 5.65. The largest absolute Gasteiger partial charge is 0.442 e. The standard InChI is InChI=1S/C12H15N3O9S/c1-12(2,3)23-11(16)13(4)24-25(21,22)10-6-5-8(14(17)18)7-9(10)15(19)20/h5-7H,1-4H3. The van der Waals surface area contributed by atoms with Crippen LogP contribution in [-0.4, -0.2) is 42.1 Å². The Morgan fingerprint density at radius 3 is 2.16 bits per heavy atom. The number of rotatable bonds is 5. The third kappa shape index (κ3) is 5.36. The fourth-order valence-electron chi connectivity index (χ4n) is 1.52. The van der Waals surface area contributed by atoms with Crippen molar-refractivity contribution in [3.05, 3.63) is 38.4 Å². The average molecular weight is 377 g/mol. The maximum absolute atomic E-state index is 12.2. The lowest BCUT2D eigenvalue weighted by Crippen LogP contribution is -2.35. The molecule has 0 unspecified atom stereocenters. The maximum atomic E-state index is 12.2. The molecule has 0 radical (unpaired) electrons. The molecular formula is C12H15N3O9S. The number of carbonyl (C=O) groups is 1. The number of non-ortho nitro benzene ring substituents is 1. The molecule has 0 aliphatic heterocycles. The SMILES string of the molecule is CN(OS(=O)(=O)c1ccc([N+](=O)[O-])cc1[N+](=O)[O-])C(=O)OC(C)(C)C. The molecule has 13 heteroatoms. The highest BCUT2D eigenvalue weighted by Crippen LogP contribution is 2.29. The van der Waals surface area contributed by atoms with E-state index in [1.165, 1.54) is 20.8 Å². The van der Waals surface area contributed by atoms with Gasteiger partial charge in [-0.2, -0.15) is 13.5 Å². The summed E-state index contributed by atoms with van der Waals surface area (Å²) in [5, 5.41) is 21.9. The zero-order valence-electron chi connectivity index (χ0n) is 13.7. The average Bonchev–Trinajstić information content (AvgIpc) is 2.44. The first kappa shape index (κ1) is 20.2. The summed E-state index contributed by atoms with van der Waals surface area (Å²) in [6, 6.07) is 1.88. The number of ether oxygens (including phenoxy) is 1. The third-order valence-corrected chi connectivity index (χ3v) is 3.78. The summed E-state index contributed by atoms with van der Waals surface area (Å²) >= 11 is 0. The lowest BCUT2D eigenvalue weighted by molar-refractivity contribution is -0.396. The minimum Gasteiger partial charge on any atom is -0.442 e. The molecule has 0 aromatic heterocycles. The zero-order valence-corrected chi connectivity index (χ0v) is 14.5. The Morgan fingerprint density at radius 2 is 1.72 bits per heavy atom. The van der Waals surface area contributed by atoms with Gasteiger partial charge < -0.3 is 4.74 Å². The van der Waals surface area contributed by atoms with E-state index in [0.717, 1.165) is 13.1 Å². The second-order valence-electron chi connectivity index (χ2n) is 5.67. The lowest BCUT2D eigenvalue weighted by atomic mass is 10.2. The molecule has 138 valence electrons. The van der Waals surface area contributed by atoms with Crippen LogP contribution in [0.25, 0.3) is 0 Å². The summed E-state index contributed by atoms with van der Waals surface area (Å²) in [5.74, 6) is 0. The van der Waals surface area contributed by atoms with Gasteiger partial charge in [0.15, 0.2) is 4.90 Å². The third-order valence-electron chi connectivity index (χ3n) is 2.48. The van der Waals surface area contributed by atoms with Gasteiger partial charge >= 0.3 is 16.2 Å². The number of hydroxylamine groups is 2. The molecule has 1 aromatic carbocycles. The van der Waals surface area contributed by atoms with Crippen molar-refractivity contribution in [3.8, 4) is 0 Å². The van der Waals surface area contributed by atoms with Crippen LogP contribution in [0.2, 0.25) is 0 Å². The lowest BCUT2D eigenvalue weighted by Gasteiger charge is -2.23. The topological polar surface area (TPSA) is 159 Å². The van der Waals surface area contributed by atoms with Gasteiger partial charge in [-0.25, -0.2) is 4.79 Å². The van der Waals surface area contributed by atoms with E-state index < -0.39 is 47.9 Å². The van der Waals surface area contributed by atoms with Crippen molar-refractivity contribution in [2.45, 2.75) is 31.3 Å². The number of nitro groups is 2. The van der Waals surface area contributed by atoms with Crippen molar-refractivity contribution >= 4 is 27.6 Å². The summed E-state index contributed by atoms with van der Waals surface area (Å²) in [6.45, 7) is 4.61. The molecule has 1 amide bonds. The Balaban J connectivity index is 3.20. The summed E-state index contributed by atoms with van der Waals surface area (Å²) in [7, 11) is -3.88. The highest BCUT2D eigenvalue weighted by Gasteiger charge is 2.33. The van der Waals surface area contributed by atoms with Crippen LogP contribution >= 0.6 is 0 Å². The minimum atomic E-state index is -4.82. The van der Waals surface area contributed by atoms with Gasteiger partial charge in [0.25, 0.3) is 11.4 Å².